The van der Waals surface area contributed by atoms with Crippen LogP contribution in [0.4, 0.5) is 0 Å². The van der Waals surface area contributed by atoms with Crippen LogP contribution in [0.2, 0.25) is 0 Å². The highest BCUT2D eigenvalue weighted by Crippen LogP contribution is 2.25. The van der Waals surface area contributed by atoms with Gasteiger partial charge >= 0.3 is 0 Å². The molecule has 2 aliphatic rings. The van der Waals surface area contributed by atoms with Gasteiger partial charge in [-0.25, -0.2) is 0 Å². The van der Waals surface area contributed by atoms with E-state index in [1.807, 2.05) is 53.6 Å². The Morgan fingerprint density at radius 3 is 2.67 bits per heavy atom. The second-order valence-corrected chi connectivity index (χ2v) is 9.51. The van der Waals surface area contributed by atoms with E-state index in [4.69, 9.17) is 4.52 Å². The summed E-state index contributed by atoms with van der Waals surface area (Å²) < 4.78 is 5.48. The maximum atomic E-state index is 13.2. The number of amides is 2. The van der Waals surface area contributed by atoms with Crippen LogP contribution >= 0.6 is 11.3 Å². The number of hydrogen-bond acceptors (Lipinski definition) is 7. The Hall–Kier alpha value is -3.04. The van der Waals surface area contributed by atoms with Gasteiger partial charge in [0.1, 0.15) is 6.04 Å². The van der Waals surface area contributed by atoms with Gasteiger partial charge < -0.3 is 14.3 Å². The van der Waals surface area contributed by atoms with E-state index in [9.17, 15) is 9.59 Å². The highest BCUT2D eigenvalue weighted by molar-refractivity contribution is 7.12. The minimum Gasteiger partial charge on any atom is -0.338 e. The molecule has 2 amide bonds. The van der Waals surface area contributed by atoms with E-state index in [0.717, 1.165) is 37.1 Å². The third-order valence-corrected chi connectivity index (χ3v) is 7.29. The van der Waals surface area contributed by atoms with Crippen molar-refractivity contribution in [2.75, 3.05) is 32.7 Å². The predicted molar refractivity (Wildman–Crippen MR) is 125 cm³/mol. The molecule has 0 spiro atoms. The largest absolute Gasteiger partial charge is 0.338 e. The van der Waals surface area contributed by atoms with Crippen LogP contribution in [0, 0.1) is 6.92 Å². The lowest BCUT2D eigenvalue weighted by Gasteiger charge is -2.36. The highest BCUT2D eigenvalue weighted by atomic mass is 32.1. The van der Waals surface area contributed by atoms with Crippen molar-refractivity contribution >= 4 is 23.2 Å². The summed E-state index contributed by atoms with van der Waals surface area (Å²) in [5.41, 5.74) is 2.08. The predicted octanol–water partition coefficient (Wildman–Crippen LogP) is 3.06. The number of carbonyl (C=O) groups excluding carboxylic acids is 2. The third-order valence-electron chi connectivity index (χ3n) is 6.43. The zero-order valence-electron chi connectivity index (χ0n) is 18.6. The van der Waals surface area contributed by atoms with Gasteiger partial charge in [0.2, 0.25) is 17.6 Å². The van der Waals surface area contributed by atoms with Crippen LogP contribution in [-0.2, 0) is 11.3 Å². The molecule has 9 heteroatoms. The van der Waals surface area contributed by atoms with Crippen molar-refractivity contribution in [2.45, 2.75) is 32.4 Å². The van der Waals surface area contributed by atoms with Gasteiger partial charge in [0.05, 0.1) is 11.4 Å². The summed E-state index contributed by atoms with van der Waals surface area (Å²) in [6.45, 7) is 5.98. The lowest BCUT2D eigenvalue weighted by Crippen LogP contribution is -2.54. The SMILES string of the molecule is Cc1ccccc1-c1noc(CN2CCN(C(=O)[C@@H]3CCCN3C(=O)c3cccs3)CC2)n1. The molecule has 2 fully saturated rings. The van der Waals surface area contributed by atoms with Crippen molar-refractivity contribution in [1.29, 1.82) is 0 Å². The normalized spacial score (nSPS) is 19.2. The molecule has 3 aromatic rings. The highest BCUT2D eigenvalue weighted by Gasteiger charge is 2.38. The van der Waals surface area contributed by atoms with Crippen molar-refractivity contribution in [3.63, 3.8) is 0 Å². The first-order valence-electron chi connectivity index (χ1n) is 11.3. The summed E-state index contributed by atoms with van der Waals surface area (Å²) in [6.07, 6.45) is 1.60. The van der Waals surface area contributed by atoms with Gasteiger partial charge in [-0.3, -0.25) is 14.5 Å². The number of nitrogens with zero attached hydrogens (tertiary/aromatic N) is 5. The number of piperazine rings is 1. The standard InChI is InChI=1S/C24H27N5O3S/c1-17-6-2-3-7-18(17)22-25-21(32-26-22)16-27-11-13-28(14-12-27)23(30)19-8-4-10-29(19)24(31)20-9-5-15-33-20/h2-3,5-7,9,15,19H,4,8,10-14,16H2,1H3/t19-/m0/s1. The molecular formula is C24H27N5O3S. The molecule has 1 atom stereocenters. The van der Waals surface area contributed by atoms with Gasteiger partial charge in [-0.1, -0.05) is 35.5 Å². The van der Waals surface area contributed by atoms with Crippen molar-refractivity contribution in [3.8, 4) is 11.4 Å². The Bertz CT molecular complexity index is 1120. The fraction of sp³-hybridized carbons (Fsp3) is 0.417. The Morgan fingerprint density at radius 1 is 1.09 bits per heavy atom. The zero-order chi connectivity index (χ0) is 22.8. The summed E-state index contributed by atoms with van der Waals surface area (Å²) in [5.74, 6) is 1.22. The first-order chi connectivity index (χ1) is 16.1. The van der Waals surface area contributed by atoms with Gasteiger partial charge in [0.25, 0.3) is 5.91 Å². The molecule has 2 saturated heterocycles. The molecule has 1 aromatic carbocycles. The number of carbonyl (C=O) groups is 2. The molecule has 33 heavy (non-hydrogen) atoms. The van der Waals surface area contributed by atoms with Gasteiger partial charge in [-0.15, -0.1) is 11.3 Å². The first-order valence-corrected chi connectivity index (χ1v) is 12.2. The van der Waals surface area contributed by atoms with Crippen molar-refractivity contribution in [1.82, 2.24) is 24.8 Å². The summed E-state index contributed by atoms with van der Waals surface area (Å²) in [4.78, 5) is 37.2. The maximum Gasteiger partial charge on any atom is 0.264 e. The van der Waals surface area contributed by atoms with Crippen LogP contribution < -0.4 is 0 Å². The minimum atomic E-state index is -0.348. The zero-order valence-corrected chi connectivity index (χ0v) is 19.5. The molecule has 0 aliphatic carbocycles. The van der Waals surface area contributed by atoms with E-state index >= 15 is 0 Å². The molecule has 0 bridgehead atoms. The summed E-state index contributed by atoms with van der Waals surface area (Å²) in [5, 5.41) is 6.04. The molecule has 8 nitrogen and oxygen atoms in total. The fourth-order valence-electron chi connectivity index (χ4n) is 4.59. The van der Waals surface area contributed by atoms with Crippen molar-refractivity contribution < 1.29 is 14.1 Å². The van der Waals surface area contributed by atoms with Crippen LogP contribution in [0.5, 0.6) is 0 Å². The van der Waals surface area contributed by atoms with E-state index in [0.29, 0.717) is 42.8 Å². The molecule has 2 aliphatic heterocycles. The van der Waals surface area contributed by atoms with E-state index in [1.165, 1.54) is 11.3 Å². The monoisotopic (exact) mass is 465 g/mol. The number of thiophene rings is 1. The molecular weight excluding hydrogens is 438 g/mol. The van der Waals surface area contributed by atoms with E-state index in [2.05, 4.69) is 15.0 Å². The number of rotatable bonds is 5. The Morgan fingerprint density at radius 2 is 1.91 bits per heavy atom. The summed E-state index contributed by atoms with van der Waals surface area (Å²) in [7, 11) is 0. The first kappa shape index (κ1) is 21.8. The molecule has 2 aromatic heterocycles. The Balaban J connectivity index is 1.16. The van der Waals surface area contributed by atoms with Gasteiger partial charge in [0.15, 0.2) is 0 Å². The van der Waals surface area contributed by atoms with Gasteiger partial charge in [-0.2, -0.15) is 4.98 Å². The molecule has 0 N–H and O–H groups in total. The quantitative estimate of drug-likeness (QED) is 0.576. The van der Waals surface area contributed by atoms with Gasteiger partial charge in [-0.05, 0) is 36.8 Å². The number of aromatic nitrogens is 2. The minimum absolute atomic E-state index is 0.0275. The second kappa shape index (κ2) is 9.44. The van der Waals surface area contributed by atoms with Gasteiger partial charge in [0, 0.05) is 38.3 Å². The fourth-order valence-corrected chi connectivity index (χ4v) is 5.27. The number of benzene rings is 1. The van der Waals surface area contributed by atoms with Crippen LogP contribution in [-0.4, -0.2) is 75.4 Å². The molecule has 0 unspecified atom stereocenters. The van der Waals surface area contributed by atoms with Crippen LogP contribution in [0.15, 0.2) is 46.3 Å². The lowest BCUT2D eigenvalue weighted by molar-refractivity contribution is -0.137. The molecule has 0 saturated carbocycles. The van der Waals surface area contributed by atoms with Crippen molar-refractivity contribution in [3.05, 3.63) is 58.1 Å². The van der Waals surface area contributed by atoms with E-state index in [-0.39, 0.29) is 17.9 Å². The number of aryl methyl sites for hydroxylation is 1. The third kappa shape index (κ3) is 4.56. The lowest BCUT2D eigenvalue weighted by atomic mass is 10.1. The van der Waals surface area contributed by atoms with E-state index in [1.54, 1.807) is 4.90 Å². The topological polar surface area (TPSA) is 82.8 Å². The van der Waals surface area contributed by atoms with Crippen molar-refractivity contribution in [2.24, 2.45) is 0 Å². The molecule has 172 valence electrons. The number of likely N-dealkylation sites (tertiary alicyclic amines) is 1. The van der Waals surface area contributed by atoms with E-state index < -0.39 is 0 Å². The molecule has 5 rings (SSSR count). The van der Waals surface area contributed by atoms with Crippen LogP contribution in [0.25, 0.3) is 11.4 Å². The Labute approximate surface area is 196 Å². The second-order valence-electron chi connectivity index (χ2n) is 8.56. The maximum absolute atomic E-state index is 13.2. The average Bonchev–Trinajstić information content (AvgIpc) is 3.61. The number of hydrogen-bond donors (Lipinski definition) is 0. The summed E-state index contributed by atoms with van der Waals surface area (Å²) >= 11 is 1.43. The molecule has 4 heterocycles. The summed E-state index contributed by atoms with van der Waals surface area (Å²) in [6, 6.07) is 11.3. The average molecular weight is 466 g/mol. The van der Waals surface area contributed by atoms with Crippen LogP contribution in [0.3, 0.4) is 0 Å². The Kier molecular flexibility index (Phi) is 6.24. The smallest absolute Gasteiger partial charge is 0.264 e. The van der Waals surface area contributed by atoms with Crippen LogP contribution in [0.1, 0.15) is 34.0 Å². The molecule has 0 radical (unpaired) electrons.